The zero-order valence-electron chi connectivity index (χ0n) is 8.40. The van der Waals surface area contributed by atoms with Crippen LogP contribution in [0.5, 0.6) is 5.75 Å². The zero-order valence-corrected chi connectivity index (χ0v) is 8.40. The number of methoxy groups -OCH3 is 1. The van der Waals surface area contributed by atoms with Gasteiger partial charge in [-0.25, -0.2) is 4.79 Å². The number of ether oxygens (including phenoxy) is 2. The molecule has 0 saturated carbocycles. The molecule has 0 bridgehead atoms. The van der Waals surface area contributed by atoms with Gasteiger partial charge in [0.2, 0.25) is 0 Å². The minimum absolute atomic E-state index is 0.340. The van der Waals surface area contributed by atoms with E-state index in [4.69, 9.17) is 14.6 Å². The first-order chi connectivity index (χ1) is 7.20. The Labute approximate surface area is 87.4 Å². The maximum absolute atomic E-state index is 10.5. The van der Waals surface area contributed by atoms with Crippen LogP contribution in [0.3, 0.4) is 0 Å². The Kier molecular flexibility index (Phi) is 2.49. The molecule has 1 atom stereocenters. The zero-order chi connectivity index (χ0) is 10.8. The summed E-state index contributed by atoms with van der Waals surface area (Å²) in [6.07, 6.45) is 0.00905. The van der Waals surface area contributed by atoms with E-state index in [1.807, 2.05) is 18.2 Å². The Morgan fingerprint density at radius 1 is 1.53 bits per heavy atom. The Morgan fingerprint density at radius 2 is 2.33 bits per heavy atom. The molecule has 15 heavy (non-hydrogen) atoms. The highest BCUT2D eigenvalue weighted by Crippen LogP contribution is 2.36. The smallest absolute Gasteiger partial charge is 0.497 e. The first kappa shape index (κ1) is 9.83. The highest BCUT2D eigenvalue weighted by molar-refractivity contribution is 5.58. The van der Waals surface area contributed by atoms with Gasteiger partial charge in [0, 0.05) is 0 Å². The van der Waals surface area contributed by atoms with Gasteiger partial charge in [-0.15, -0.1) is 0 Å². The van der Waals surface area contributed by atoms with Crippen molar-refractivity contribution in [2.24, 2.45) is 0 Å². The number of rotatable bonds is 2. The van der Waals surface area contributed by atoms with E-state index in [1.54, 1.807) is 7.11 Å². The molecular formula is C11H12O4. The molecule has 0 spiro atoms. The molecule has 1 aromatic rings. The van der Waals surface area contributed by atoms with Crippen molar-refractivity contribution in [2.75, 3.05) is 7.11 Å². The van der Waals surface area contributed by atoms with E-state index < -0.39 is 6.16 Å². The topological polar surface area (TPSA) is 55.8 Å². The number of hydrogen-bond acceptors (Lipinski definition) is 3. The number of aryl methyl sites for hydroxylation is 1. The molecule has 1 aliphatic rings. The molecule has 0 heterocycles. The van der Waals surface area contributed by atoms with Gasteiger partial charge in [-0.05, 0) is 36.1 Å². The molecule has 4 nitrogen and oxygen atoms in total. The summed E-state index contributed by atoms with van der Waals surface area (Å²) in [5, 5.41) is 8.57. The van der Waals surface area contributed by atoms with Crippen LogP contribution in [0.1, 0.15) is 23.7 Å². The summed E-state index contributed by atoms with van der Waals surface area (Å²) in [5.41, 5.74) is 2.07. The monoisotopic (exact) mass is 208 g/mol. The summed E-state index contributed by atoms with van der Waals surface area (Å²) in [7, 11) is 1.59. The van der Waals surface area contributed by atoms with Gasteiger partial charge < -0.3 is 14.6 Å². The molecule has 1 N–H and O–H groups in total. The Morgan fingerprint density at radius 3 is 3.00 bits per heavy atom. The molecule has 0 aromatic heterocycles. The van der Waals surface area contributed by atoms with Crippen LogP contribution in [0.4, 0.5) is 4.79 Å². The van der Waals surface area contributed by atoms with Gasteiger partial charge in [0.05, 0.1) is 7.11 Å². The first-order valence-electron chi connectivity index (χ1n) is 4.77. The number of carboxylic acid groups (broad SMARTS) is 1. The summed E-state index contributed by atoms with van der Waals surface area (Å²) in [5.74, 6) is 0.731. The number of hydrogen-bond donors (Lipinski definition) is 1. The van der Waals surface area contributed by atoms with E-state index in [1.165, 1.54) is 0 Å². The van der Waals surface area contributed by atoms with Crippen LogP contribution in [-0.4, -0.2) is 18.4 Å². The van der Waals surface area contributed by atoms with Crippen LogP contribution < -0.4 is 4.74 Å². The van der Waals surface area contributed by atoms with Crippen molar-refractivity contribution in [1.29, 1.82) is 0 Å². The number of fused-ring (bicyclic) bond motifs is 1. The largest absolute Gasteiger partial charge is 0.506 e. The predicted octanol–water partition coefficient (Wildman–Crippen LogP) is 2.38. The molecule has 1 aliphatic carbocycles. The number of carbonyl (C=O) groups is 1. The van der Waals surface area contributed by atoms with Crippen LogP contribution in [-0.2, 0) is 11.2 Å². The van der Waals surface area contributed by atoms with E-state index in [9.17, 15) is 4.79 Å². The maximum Gasteiger partial charge on any atom is 0.506 e. The Bertz CT molecular complexity index is 386. The molecule has 0 saturated heterocycles. The second-order valence-electron chi connectivity index (χ2n) is 3.48. The second kappa shape index (κ2) is 3.81. The minimum atomic E-state index is -1.23. The molecule has 0 fully saturated rings. The Hall–Kier alpha value is -1.71. The first-order valence-corrected chi connectivity index (χ1v) is 4.77. The lowest BCUT2D eigenvalue weighted by Crippen LogP contribution is -2.06. The summed E-state index contributed by atoms with van der Waals surface area (Å²) >= 11 is 0. The van der Waals surface area contributed by atoms with Gasteiger partial charge in [-0.2, -0.15) is 0 Å². The van der Waals surface area contributed by atoms with Crippen molar-refractivity contribution in [3.8, 4) is 5.75 Å². The highest BCUT2D eigenvalue weighted by Gasteiger charge is 2.26. The van der Waals surface area contributed by atoms with Crippen LogP contribution in [0.2, 0.25) is 0 Å². The van der Waals surface area contributed by atoms with E-state index in [2.05, 4.69) is 0 Å². The van der Waals surface area contributed by atoms with Gasteiger partial charge in [-0.1, -0.05) is 6.07 Å². The minimum Gasteiger partial charge on any atom is -0.497 e. The molecule has 2 rings (SSSR count). The van der Waals surface area contributed by atoms with Crippen molar-refractivity contribution in [1.82, 2.24) is 0 Å². The van der Waals surface area contributed by atoms with Crippen LogP contribution in [0, 0.1) is 0 Å². The Balaban J connectivity index is 2.27. The van der Waals surface area contributed by atoms with Crippen molar-refractivity contribution >= 4 is 6.16 Å². The van der Waals surface area contributed by atoms with Gasteiger partial charge in [0.15, 0.2) is 0 Å². The van der Waals surface area contributed by atoms with E-state index in [-0.39, 0.29) is 6.10 Å². The molecule has 0 amide bonds. The molecule has 1 unspecified atom stereocenters. The molecule has 0 radical (unpaired) electrons. The summed E-state index contributed by atoms with van der Waals surface area (Å²) in [4.78, 5) is 10.5. The summed E-state index contributed by atoms with van der Waals surface area (Å²) in [6.45, 7) is 0. The lowest BCUT2D eigenvalue weighted by molar-refractivity contribution is 0.0519. The van der Waals surface area contributed by atoms with Crippen molar-refractivity contribution in [2.45, 2.75) is 18.9 Å². The average Bonchev–Trinajstić information content (AvgIpc) is 2.60. The average molecular weight is 208 g/mol. The van der Waals surface area contributed by atoms with Gasteiger partial charge in [-0.3, -0.25) is 0 Å². The fourth-order valence-corrected chi connectivity index (χ4v) is 1.91. The van der Waals surface area contributed by atoms with Crippen LogP contribution in [0.25, 0.3) is 0 Å². The molecule has 1 aromatic carbocycles. The van der Waals surface area contributed by atoms with Gasteiger partial charge in [0.1, 0.15) is 11.9 Å². The van der Waals surface area contributed by atoms with Crippen molar-refractivity contribution < 1.29 is 19.4 Å². The van der Waals surface area contributed by atoms with Gasteiger partial charge in [0.25, 0.3) is 0 Å². The second-order valence-corrected chi connectivity index (χ2v) is 3.48. The fraction of sp³-hybridized carbons (Fsp3) is 0.364. The lowest BCUT2D eigenvalue weighted by Gasteiger charge is -2.11. The molecule has 0 aliphatic heterocycles. The predicted molar refractivity (Wildman–Crippen MR) is 53.2 cm³/mol. The quantitative estimate of drug-likeness (QED) is 0.758. The standard InChI is InChI=1S/C11H12O4/c1-14-8-4-2-7-3-5-10(9(7)6-8)15-11(12)13/h2,4,6,10H,3,5H2,1H3,(H,12,13). The van der Waals surface area contributed by atoms with E-state index in [0.29, 0.717) is 0 Å². The van der Waals surface area contributed by atoms with Crippen molar-refractivity contribution in [3.63, 3.8) is 0 Å². The van der Waals surface area contributed by atoms with Crippen LogP contribution in [0.15, 0.2) is 18.2 Å². The SMILES string of the molecule is COc1ccc2c(c1)C(OC(=O)O)CC2. The molecular weight excluding hydrogens is 196 g/mol. The van der Waals surface area contributed by atoms with E-state index >= 15 is 0 Å². The third kappa shape index (κ3) is 1.88. The summed E-state index contributed by atoms with van der Waals surface area (Å²) < 4.78 is 9.89. The molecule has 80 valence electrons. The van der Waals surface area contributed by atoms with Gasteiger partial charge >= 0.3 is 6.16 Å². The number of benzene rings is 1. The summed E-state index contributed by atoms with van der Waals surface area (Å²) in [6, 6.07) is 5.68. The highest BCUT2D eigenvalue weighted by atomic mass is 16.7. The fourth-order valence-electron chi connectivity index (χ4n) is 1.91. The third-order valence-corrected chi connectivity index (χ3v) is 2.62. The maximum atomic E-state index is 10.5. The lowest BCUT2D eigenvalue weighted by atomic mass is 10.1. The normalized spacial score (nSPS) is 18.3. The van der Waals surface area contributed by atoms with Crippen molar-refractivity contribution in [3.05, 3.63) is 29.3 Å². The molecule has 4 heteroatoms. The van der Waals surface area contributed by atoms with E-state index in [0.717, 1.165) is 29.7 Å². The van der Waals surface area contributed by atoms with Crippen LogP contribution >= 0.6 is 0 Å². The third-order valence-electron chi connectivity index (χ3n) is 2.62.